The van der Waals surface area contributed by atoms with Gasteiger partial charge in [0.15, 0.2) is 0 Å². The van der Waals surface area contributed by atoms with E-state index in [0.29, 0.717) is 17.4 Å². The molecule has 8 nitrogen and oxygen atoms in total. The highest BCUT2D eigenvalue weighted by atomic mass is 16.1. The van der Waals surface area contributed by atoms with Crippen molar-refractivity contribution in [3.8, 4) is 0 Å². The fraction of sp³-hybridized carbons (Fsp3) is 0.455. The monoisotopic (exact) mass is 405 g/mol. The molecule has 0 unspecified atom stereocenters. The van der Waals surface area contributed by atoms with Crippen LogP contribution in [-0.2, 0) is 0 Å². The molecule has 2 fully saturated rings. The Morgan fingerprint density at radius 3 is 2.57 bits per heavy atom. The van der Waals surface area contributed by atoms with Crippen molar-refractivity contribution in [1.29, 1.82) is 0 Å². The highest BCUT2D eigenvalue weighted by Crippen LogP contribution is 2.29. The summed E-state index contributed by atoms with van der Waals surface area (Å²) in [7, 11) is 0. The number of fused-ring (bicyclic) bond motifs is 1. The lowest BCUT2D eigenvalue weighted by atomic mass is 9.95. The van der Waals surface area contributed by atoms with Gasteiger partial charge in [-0.2, -0.15) is 4.98 Å². The predicted octanol–water partition coefficient (Wildman–Crippen LogP) is 2.84. The van der Waals surface area contributed by atoms with Crippen LogP contribution < -0.4 is 21.1 Å². The molecule has 156 valence electrons. The van der Waals surface area contributed by atoms with Crippen LogP contribution in [0.5, 0.6) is 0 Å². The molecule has 3 aromatic heterocycles. The van der Waals surface area contributed by atoms with Gasteiger partial charge in [-0.05, 0) is 31.0 Å². The lowest BCUT2D eigenvalue weighted by Crippen LogP contribution is -2.43. The predicted molar refractivity (Wildman–Crippen MR) is 119 cm³/mol. The number of pyridine rings is 2. The van der Waals surface area contributed by atoms with E-state index in [4.69, 9.17) is 4.98 Å². The first-order valence-corrected chi connectivity index (χ1v) is 10.8. The van der Waals surface area contributed by atoms with Gasteiger partial charge in [0.25, 0.3) is 5.56 Å². The number of nitrogens with zero attached hydrogens (tertiary/aromatic N) is 5. The molecule has 4 heterocycles. The molecule has 1 saturated carbocycles. The number of hydrogen-bond acceptors (Lipinski definition) is 7. The average Bonchev–Trinajstić information content (AvgIpc) is 2.80. The Hall–Kier alpha value is -3.00. The number of anilines is 3. The summed E-state index contributed by atoms with van der Waals surface area (Å²) >= 11 is 0. The Balaban J connectivity index is 1.41. The highest BCUT2D eigenvalue weighted by molar-refractivity contribution is 5.75. The zero-order valence-electron chi connectivity index (χ0n) is 17.0. The van der Waals surface area contributed by atoms with Gasteiger partial charge < -0.3 is 15.5 Å². The molecule has 3 aromatic rings. The van der Waals surface area contributed by atoms with Crippen LogP contribution in [0, 0.1) is 0 Å². The molecule has 5 rings (SSSR count). The van der Waals surface area contributed by atoms with E-state index < -0.39 is 0 Å². The largest absolute Gasteiger partial charge is 0.368 e. The van der Waals surface area contributed by atoms with Crippen LogP contribution in [-0.4, -0.2) is 45.7 Å². The molecule has 0 spiro atoms. The zero-order valence-corrected chi connectivity index (χ0v) is 17.0. The summed E-state index contributed by atoms with van der Waals surface area (Å²) in [5, 5.41) is 7.44. The zero-order chi connectivity index (χ0) is 20.3. The van der Waals surface area contributed by atoms with E-state index in [2.05, 4.69) is 31.6 Å². The van der Waals surface area contributed by atoms with Gasteiger partial charge in [-0.15, -0.1) is 0 Å². The first-order valence-electron chi connectivity index (χ1n) is 10.8. The summed E-state index contributed by atoms with van der Waals surface area (Å²) in [5.74, 6) is 1.15. The van der Waals surface area contributed by atoms with Gasteiger partial charge in [-0.25, -0.2) is 9.97 Å². The number of aromatic nitrogens is 4. The summed E-state index contributed by atoms with van der Waals surface area (Å²) in [5.41, 5.74) is 1.83. The number of hydrogen-bond donors (Lipinski definition) is 2. The average molecular weight is 406 g/mol. The molecule has 1 aliphatic heterocycles. The third-order valence-electron chi connectivity index (χ3n) is 6.08. The van der Waals surface area contributed by atoms with Crippen molar-refractivity contribution < 1.29 is 0 Å². The number of rotatable bonds is 4. The molecule has 0 amide bonds. The van der Waals surface area contributed by atoms with Gasteiger partial charge in [0, 0.05) is 49.9 Å². The summed E-state index contributed by atoms with van der Waals surface area (Å²) in [4.78, 5) is 28.6. The molecule has 0 radical (unpaired) electrons. The first kappa shape index (κ1) is 19.0. The van der Waals surface area contributed by atoms with Crippen molar-refractivity contribution in [2.24, 2.45) is 0 Å². The fourth-order valence-electron chi connectivity index (χ4n) is 4.48. The van der Waals surface area contributed by atoms with E-state index >= 15 is 0 Å². The van der Waals surface area contributed by atoms with Crippen LogP contribution in [0.3, 0.4) is 0 Å². The fourth-order valence-corrected chi connectivity index (χ4v) is 4.48. The molecule has 1 saturated heterocycles. The van der Waals surface area contributed by atoms with Gasteiger partial charge in [-0.1, -0.05) is 19.3 Å². The minimum absolute atomic E-state index is 0.0116. The minimum Gasteiger partial charge on any atom is -0.368 e. The molecular formula is C22H27N7O. The van der Waals surface area contributed by atoms with E-state index in [0.717, 1.165) is 62.9 Å². The molecule has 0 bridgehead atoms. The SMILES string of the molecule is O=c1ccc2cnc(Nc3ccc(N4CCNCC4)cn3)nc2n1C1CCCCC1. The van der Waals surface area contributed by atoms with Crippen LogP contribution in [0.15, 0.2) is 41.5 Å². The van der Waals surface area contributed by atoms with Gasteiger partial charge in [0.1, 0.15) is 11.5 Å². The number of piperazine rings is 1. The van der Waals surface area contributed by atoms with Crippen LogP contribution in [0.25, 0.3) is 11.0 Å². The summed E-state index contributed by atoms with van der Waals surface area (Å²) in [6, 6.07) is 7.67. The molecular weight excluding hydrogens is 378 g/mol. The van der Waals surface area contributed by atoms with Crippen LogP contribution in [0.2, 0.25) is 0 Å². The van der Waals surface area contributed by atoms with Crippen molar-refractivity contribution in [1.82, 2.24) is 24.8 Å². The van der Waals surface area contributed by atoms with E-state index in [1.807, 2.05) is 16.8 Å². The van der Waals surface area contributed by atoms with Crippen LogP contribution in [0.4, 0.5) is 17.5 Å². The summed E-state index contributed by atoms with van der Waals surface area (Å²) < 4.78 is 1.86. The van der Waals surface area contributed by atoms with Crippen LogP contribution >= 0.6 is 0 Å². The van der Waals surface area contributed by atoms with Gasteiger partial charge in [0.05, 0.1) is 11.9 Å². The maximum absolute atomic E-state index is 12.7. The van der Waals surface area contributed by atoms with E-state index in [9.17, 15) is 4.79 Å². The maximum Gasteiger partial charge on any atom is 0.252 e. The van der Waals surface area contributed by atoms with Gasteiger partial charge >= 0.3 is 0 Å². The third-order valence-corrected chi connectivity index (χ3v) is 6.08. The smallest absolute Gasteiger partial charge is 0.252 e. The molecule has 2 N–H and O–H groups in total. The van der Waals surface area contributed by atoms with E-state index in [1.54, 1.807) is 18.3 Å². The molecule has 1 aliphatic carbocycles. The second-order valence-corrected chi connectivity index (χ2v) is 8.07. The van der Waals surface area contributed by atoms with E-state index in [1.165, 1.54) is 6.42 Å². The standard InChI is InChI=1S/C22H27N7O/c30-20-9-6-16-14-25-22(27-21(16)29(20)17-4-2-1-3-5-17)26-19-8-7-18(15-24-19)28-12-10-23-11-13-28/h6-9,14-15,17,23H,1-5,10-13H2,(H,24,25,26,27). The molecule has 0 aromatic carbocycles. The molecule has 0 atom stereocenters. The lowest BCUT2D eigenvalue weighted by Gasteiger charge is -2.29. The molecule has 8 heteroatoms. The van der Waals surface area contributed by atoms with Crippen molar-refractivity contribution in [2.75, 3.05) is 36.4 Å². The normalized spacial score (nSPS) is 17.9. The van der Waals surface area contributed by atoms with E-state index in [-0.39, 0.29) is 11.6 Å². The van der Waals surface area contributed by atoms with Crippen molar-refractivity contribution in [3.63, 3.8) is 0 Å². The lowest BCUT2D eigenvalue weighted by molar-refractivity contribution is 0.353. The Labute approximate surface area is 175 Å². The second-order valence-electron chi connectivity index (χ2n) is 8.07. The van der Waals surface area contributed by atoms with Crippen molar-refractivity contribution >= 4 is 28.5 Å². The topological polar surface area (TPSA) is 88.0 Å². The maximum atomic E-state index is 12.7. The quantitative estimate of drug-likeness (QED) is 0.690. The number of nitrogens with one attached hydrogen (secondary N) is 2. The van der Waals surface area contributed by atoms with Crippen molar-refractivity contribution in [3.05, 3.63) is 47.0 Å². The Kier molecular flexibility index (Phi) is 5.31. The third kappa shape index (κ3) is 3.87. The first-order chi connectivity index (χ1) is 14.8. The van der Waals surface area contributed by atoms with Crippen molar-refractivity contribution in [2.45, 2.75) is 38.1 Å². The van der Waals surface area contributed by atoms with Gasteiger partial charge in [0.2, 0.25) is 5.95 Å². The van der Waals surface area contributed by atoms with Crippen LogP contribution in [0.1, 0.15) is 38.1 Å². The summed E-state index contributed by atoms with van der Waals surface area (Å²) in [6.45, 7) is 3.96. The Morgan fingerprint density at radius 1 is 0.967 bits per heavy atom. The second kappa shape index (κ2) is 8.39. The summed E-state index contributed by atoms with van der Waals surface area (Å²) in [6.07, 6.45) is 9.28. The molecule has 30 heavy (non-hydrogen) atoms. The molecule has 2 aliphatic rings. The Morgan fingerprint density at radius 2 is 1.80 bits per heavy atom. The van der Waals surface area contributed by atoms with Gasteiger partial charge in [-0.3, -0.25) is 9.36 Å². The highest BCUT2D eigenvalue weighted by Gasteiger charge is 2.19. The Bertz CT molecular complexity index is 1070. The minimum atomic E-state index is 0.0116.